The van der Waals surface area contributed by atoms with Crippen LogP contribution in [0.5, 0.6) is 0 Å². The van der Waals surface area contributed by atoms with Crippen LogP contribution in [0.4, 0.5) is 4.39 Å². The van der Waals surface area contributed by atoms with Crippen LogP contribution in [0.25, 0.3) is 0 Å². The van der Waals surface area contributed by atoms with Crippen LogP contribution in [0.15, 0.2) is 11.4 Å². The summed E-state index contributed by atoms with van der Waals surface area (Å²) >= 11 is 0. The Morgan fingerprint density at radius 2 is 2.19 bits per heavy atom. The number of likely N-dealkylation sites (tertiary alicyclic amines) is 1. The Labute approximate surface area is 94.7 Å². The summed E-state index contributed by atoms with van der Waals surface area (Å²) < 4.78 is 18.6. The molecule has 1 N–H and O–H groups in total. The average Bonchev–Trinajstić information content (AvgIpc) is 2.69. The van der Waals surface area contributed by atoms with Gasteiger partial charge >= 0.3 is 0 Å². The van der Waals surface area contributed by atoms with Gasteiger partial charge in [0.2, 0.25) is 0 Å². The Morgan fingerprint density at radius 1 is 1.56 bits per heavy atom. The molecule has 1 aliphatic heterocycles. The fourth-order valence-corrected chi connectivity index (χ4v) is 1.81. The minimum absolute atomic E-state index is 0.119. The van der Waals surface area contributed by atoms with E-state index < -0.39 is 11.7 Å². The molecule has 1 amide bonds. The Morgan fingerprint density at radius 3 is 2.62 bits per heavy atom. The summed E-state index contributed by atoms with van der Waals surface area (Å²) in [7, 11) is 1.55. The van der Waals surface area contributed by atoms with Crippen LogP contribution in [-0.4, -0.2) is 48.3 Å². The lowest BCUT2D eigenvalue weighted by atomic mass is 10.2. The fourth-order valence-electron chi connectivity index (χ4n) is 1.81. The standard InChI is InChI=1S/C11H18FNO3/c1-7(2)10(12)11(15)13-5-9(16-3)4-8(13)6-14/h8-9,14H,4-6H2,1-3H3/t8-,9-/m0/s1. The largest absolute Gasteiger partial charge is 0.394 e. The summed E-state index contributed by atoms with van der Waals surface area (Å²) in [5.41, 5.74) is 0.350. The van der Waals surface area contributed by atoms with Crippen LogP contribution < -0.4 is 0 Å². The number of ether oxygens (including phenoxy) is 1. The fraction of sp³-hybridized carbons (Fsp3) is 0.727. The number of hydrogen-bond donors (Lipinski definition) is 1. The molecule has 1 rings (SSSR count). The predicted octanol–water partition coefficient (Wildman–Crippen LogP) is 0.858. The van der Waals surface area contributed by atoms with E-state index in [1.165, 1.54) is 4.90 Å². The van der Waals surface area contributed by atoms with Crippen LogP contribution in [0, 0.1) is 0 Å². The highest BCUT2D eigenvalue weighted by atomic mass is 19.1. The summed E-state index contributed by atoms with van der Waals surface area (Å²) in [5, 5.41) is 9.13. The zero-order chi connectivity index (χ0) is 12.3. The quantitative estimate of drug-likeness (QED) is 0.733. The molecule has 0 aromatic rings. The van der Waals surface area contributed by atoms with Crippen molar-refractivity contribution in [1.29, 1.82) is 0 Å². The van der Waals surface area contributed by atoms with Gasteiger partial charge in [-0.3, -0.25) is 4.79 Å². The SMILES string of the molecule is CO[C@H]1C[C@@H](CO)N(C(=O)C(F)=C(C)C)C1. The first kappa shape index (κ1) is 13.1. The number of halogens is 1. The summed E-state index contributed by atoms with van der Waals surface area (Å²) in [5.74, 6) is -1.39. The lowest BCUT2D eigenvalue weighted by molar-refractivity contribution is -0.130. The Kier molecular flexibility index (Phi) is 4.44. The molecule has 1 heterocycles. The van der Waals surface area contributed by atoms with Crippen molar-refractivity contribution in [2.24, 2.45) is 0 Å². The molecule has 2 atom stereocenters. The van der Waals surface area contributed by atoms with Crippen LogP contribution in [0.1, 0.15) is 20.3 Å². The first-order valence-electron chi connectivity index (χ1n) is 5.28. The maximum Gasteiger partial charge on any atom is 0.282 e. The third kappa shape index (κ3) is 2.59. The number of carbonyl (C=O) groups is 1. The second kappa shape index (κ2) is 5.41. The van der Waals surface area contributed by atoms with Gasteiger partial charge in [0.15, 0.2) is 5.83 Å². The third-order valence-corrected chi connectivity index (χ3v) is 2.81. The maximum atomic E-state index is 13.5. The summed E-state index contributed by atoms with van der Waals surface area (Å²) in [4.78, 5) is 13.1. The summed E-state index contributed by atoms with van der Waals surface area (Å²) in [6.45, 7) is 3.26. The Balaban J connectivity index is 2.80. The second-order valence-corrected chi connectivity index (χ2v) is 4.20. The van der Waals surface area contributed by atoms with Crippen molar-refractivity contribution < 1.29 is 19.0 Å². The molecule has 0 radical (unpaired) electrons. The highest BCUT2D eigenvalue weighted by molar-refractivity contribution is 5.92. The van der Waals surface area contributed by atoms with E-state index in [-0.39, 0.29) is 18.8 Å². The number of nitrogens with zero attached hydrogens (tertiary/aromatic N) is 1. The van der Waals surface area contributed by atoms with E-state index in [9.17, 15) is 9.18 Å². The van der Waals surface area contributed by atoms with Crippen molar-refractivity contribution in [3.8, 4) is 0 Å². The first-order chi connectivity index (χ1) is 7.51. The van der Waals surface area contributed by atoms with Crippen LogP contribution in [0.2, 0.25) is 0 Å². The molecule has 4 nitrogen and oxygen atoms in total. The molecular weight excluding hydrogens is 213 g/mol. The highest BCUT2D eigenvalue weighted by Gasteiger charge is 2.36. The number of aliphatic hydroxyl groups is 1. The number of aliphatic hydroxyl groups excluding tert-OH is 1. The van der Waals surface area contributed by atoms with Gasteiger partial charge < -0.3 is 14.7 Å². The third-order valence-electron chi connectivity index (χ3n) is 2.81. The topological polar surface area (TPSA) is 49.8 Å². The molecular formula is C11H18FNO3. The molecule has 5 heteroatoms. The molecule has 1 saturated heterocycles. The van der Waals surface area contributed by atoms with E-state index in [4.69, 9.17) is 9.84 Å². The van der Waals surface area contributed by atoms with Gasteiger partial charge in [0.25, 0.3) is 5.91 Å². The van der Waals surface area contributed by atoms with Gasteiger partial charge in [0.05, 0.1) is 18.8 Å². The van der Waals surface area contributed by atoms with Crippen LogP contribution in [0.3, 0.4) is 0 Å². The zero-order valence-electron chi connectivity index (χ0n) is 9.86. The molecule has 0 saturated carbocycles. The summed E-state index contributed by atoms with van der Waals surface area (Å²) in [6, 6.07) is -0.345. The van der Waals surface area contributed by atoms with Crippen LogP contribution in [-0.2, 0) is 9.53 Å². The van der Waals surface area contributed by atoms with Crippen molar-refractivity contribution in [3.63, 3.8) is 0 Å². The molecule has 1 fully saturated rings. The minimum atomic E-state index is -0.741. The molecule has 0 bridgehead atoms. The van der Waals surface area contributed by atoms with Gasteiger partial charge in [0.1, 0.15) is 0 Å². The summed E-state index contributed by atoms with van der Waals surface area (Å²) in [6.07, 6.45) is 0.431. The minimum Gasteiger partial charge on any atom is -0.394 e. The first-order valence-corrected chi connectivity index (χ1v) is 5.28. The van der Waals surface area contributed by atoms with Crippen molar-refractivity contribution >= 4 is 5.91 Å². The Hall–Kier alpha value is -0.940. The molecule has 0 aliphatic carbocycles. The van der Waals surface area contributed by atoms with Gasteiger partial charge in [-0.05, 0) is 25.8 Å². The van der Waals surface area contributed by atoms with Crippen molar-refractivity contribution in [1.82, 2.24) is 4.90 Å². The van der Waals surface area contributed by atoms with Crippen molar-refractivity contribution in [2.45, 2.75) is 32.4 Å². The van der Waals surface area contributed by atoms with Crippen molar-refractivity contribution in [2.75, 3.05) is 20.3 Å². The molecule has 0 spiro atoms. The van der Waals surface area contributed by atoms with E-state index >= 15 is 0 Å². The smallest absolute Gasteiger partial charge is 0.282 e. The van der Waals surface area contributed by atoms with Gasteiger partial charge in [-0.25, -0.2) is 4.39 Å². The number of methoxy groups -OCH3 is 1. The normalized spacial score (nSPS) is 24.7. The van der Waals surface area contributed by atoms with E-state index in [0.717, 1.165) is 0 Å². The number of amides is 1. The van der Waals surface area contributed by atoms with Gasteiger partial charge in [-0.1, -0.05) is 0 Å². The molecule has 0 unspecified atom stereocenters. The monoisotopic (exact) mass is 231 g/mol. The lowest BCUT2D eigenvalue weighted by Gasteiger charge is -2.22. The van der Waals surface area contributed by atoms with E-state index in [0.29, 0.717) is 18.5 Å². The number of carbonyl (C=O) groups excluding carboxylic acids is 1. The van der Waals surface area contributed by atoms with Gasteiger partial charge in [0, 0.05) is 13.7 Å². The van der Waals surface area contributed by atoms with E-state index in [2.05, 4.69) is 0 Å². The van der Waals surface area contributed by atoms with Gasteiger partial charge in [-0.2, -0.15) is 0 Å². The average molecular weight is 231 g/mol. The molecule has 16 heavy (non-hydrogen) atoms. The predicted molar refractivity (Wildman–Crippen MR) is 57.5 cm³/mol. The number of allylic oxidation sites excluding steroid dienone is 1. The zero-order valence-corrected chi connectivity index (χ0v) is 9.86. The molecule has 0 aromatic heterocycles. The number of rotatable bonds is 3. The lowest BCUT2D eigenvalue weighted by Crippen LogP contribution is -2.38. The van der Waals surface area contributed by atoms with E-state index in [1.807, 2.05) is 0 Å². The van der Waals surface area contributed by atoms with Gasteiger partial charge in [-0.15, -0.1) is 0 Å². The maximum absolute atomic E-state index is 13.5. The Bertz CT molecular complexity index is 300. The highest BCUT2D eigenvalue weighted by Crippen LogP contribution is 2.22. The molecule has 92 valence electrons. The van der Waals surface area contributed by atoms with E-state index in [1.54, 1.807) is 21.0 Å². The molecule has 0 aromatic carbocycles. The number of hydrogen-bond acceptors (Lipinski definition) is 3. The molecule has 1 aliphatic rings. The second-order valence-electron chi connectivity index (χ2n) is 4.20. The van der Waals surface area contributed by atoms with Crippen molar-refractivity contribution in [3.05, 3.63) is 11.4 Å². The van der Waals surface area contributed by atoms with Crippen LogP contribution >= 0.6 is 0 Å².